The molecule has 0 spiro atoms. The number of carbonyl (C=O) groups excluding carboxylic acids is 1. The highest BCUT2D eigenvalue weighted by molar-refractivity contribution is 6.18. The number of hydrogen-bond donors (Lipinski definition) is 2. The highest BCUT2D eigenvalue weighted by atomic mass is 35.5. The number of esters is 1. The smallest absolute Gasteiger partial charge is 0.323 e. The number of rotatable bonds is 6. The molecule has 4 nitrogen and oxygen atoms in total. The Kier molecular flexibility index (Phi) is 6.30. The number of alkyl halides is 1. The molecule has 0 aliphatic heterocycles. The van der Waals surface area contributed by atoms with Crippen molar-refractivity contribution in [1.29, 1.82) is 0 Å². The lowest BCUT2D eigenvalue weighted by Gasteiger charge is -2.32. The van der Waals surface area contributed by atoms with Crippen molar-refractivity contribution in [2.75, 3.05) is 12.5 Å². The monoisotopic (exact) mass is 251 g/mol. The van der Waals surface area contributed by atoms with Crippen LogP contribution >= 0.6 is 11.6 Å². The van der Waals surface area contributed by atoms with Crippen LogP contribution < -0.4 is 5.73 Å². The molecule has 3 N–H and O–H groups in total. The number of aliphatic hydroxyl groups excluding tert-OH is 1. The highest BCUT2D eigenvalue weighted by Gasteiger charge is 2.34. The van der Waals surface area contributed by atoms with E-state index in [2.05, 4.69) is 0 Å². The quantitative estimate of drug-likeness (QED) is 0.549. The fourth-order valence-electron chi connectivity index (χ4n) is 0.947. The predicted molar refractivity (Wildman–Crippen MR) is 64.3 cm³/mol. The summed E-state index contributed by atoms with van der Waals surface area (Å²) in [7, 11) is 0. The first kappa shape index (κ1) is 15.7. The van der Waals surface area contributed by atoms with E-state index in [0.717, 1.165) is 0 Å². The minimum Gasteiger partial charge on any atom is -0.461 e. The van der Waals surface area contributed by atoms with Crippen molar-refractivity contribution in [3.05, 3.63) is 0 Å². The molecule has 0 aliphatic carbocycles. The van der Waals surface area contributed by atoms with E-state index in [1.54, 1.807) is 13.8 Å². The molecule has 0 rings (SSSR count). The Balaban J connectivity index is 4.44. The normalized spacial score (nSPS) is 19.0. The standard InChI is InChI=1S/C11H22ClNO3/c1-7(2)9(13)10(15)16-8(3)11(4,5-12)6-14/h7-9,14H,5-6,13H2,1-4H3. The lowest BCUT2D eigenvalue weighted by atomic mass is 9.88. The van der Waals surface area contributed by atoms with Crippen molar-refractivity contribution in [1.82, 2.24) is 0 Å². The van der Waals surface area contributed by atoms with Gasteiger partial charge in [0, 0.05) is 11.3 Å². The minimum absolute atomic E-state index is 0.0242. The van der Waals surface area contributed by atoms with Crippen LogP contribution in [0.3, 0.4) is 0 Å². The Bertz CT molecular complexity index is 229. The number of carbonyl (C=O) groups is 1. The maximum absolute atomic E-state index is 11.6. The topological polar surface area (TPSA) is 72.6 Å². The second-order valence-electron chi connectivity index (χ2n) is 4.79. The van der Waals surface area contributed by atoms with Gasteiger partial charge in [-0.2, -0.15) is 0 Å². The second kappa shape index (κ2) is 6.42. The summed E-state index contributed by atoms with van der Waals surface area (Å²) in [5, 5.41) is 9.21. The van der Waals surface area contributed by atoms with Gasteiger partial charge in [0.1, 0.15) is 12.1 Å². The molecule has 0 aromatic rings. The summed E-state index contributed by atoms with van der Waals surface area (Å²) < 4.78 is 5.21. The van der Waals surface area contributed by atoms with E-state index in [0.29, 0.717) is 0 Å². The fraction of sp³-hybridized carbons (Fsp3) is 0.909. The lowest BCUT2D eigenvalue weighted by Crippen LogP contribution is -2.44. The van der Waals surface area contributed by atoms with Gasteiger partial charge in [-0.3, -0.25) is 4.79 Å². The van der Waals surface area contributed by atoms with E-state index in [-0.39, 0.29) is 18.4 Å². The summed E-state index contributed by atoms with van der Waals surface area (Å²) in [6.45, 7) is 7.04. The summed E-state index contributed by atoms with van der Waals surface area (Å²) in [5.41, 5.74) is 5.03. The van der Waals surface area contributed by atoms with Crippen LogP contribution in [-0.2, 0) is 9.53 Å². The van der Waals surface area contributed by atoms with Crippen LogP contribution in [0.15, 0.2) is 0 Å². The Labute approximate surface area is 102 Å². The Morgan fingerprint density at radius 2 is 2.00 bits per heavy atom. The van der Waals surface area contributed by atoms with Crippen LogP contribution in [0.5, 0.6) is 0 Å². The molecule has 0 aromatic carbocycles. The zero-order valence-corrected chi connectivity index (χ0v) is 11.1. The molecular weight excluding hydrogens is 230 g/mol. The third kappa shape index (κ3) is 3.92. The number of hydrogen-bond acceptors (Lipinski definition) is 4. The van der Waals surface area contributed by atoms with Gasteiger partial charge in [-0.15, -0.1) is 11.6 Å². The summed E-state index contributed by atoms with van der Waals surface area (Å²) in [6, 6.07) is -0.638. The first-order valence-corrected chi connectivity index (χ1v) is 5.95. The number of ether oxygens (including phenoxy) is 1. The van der Waals surface area contributed by atoms with Gasteiger partial charge >= 0.3 is 5.97 Å². The van der Waals surface area contributed by atoms with Gasteiger partial charge in [0.25, 0.3) is 0 Å². The van der Waals surface area contributed by atoms with Crippen LogP contribution in [0.4, 0.5) is 0 Å². The molecule has 0 saturated heterocycles. The molecule has 0 amide bonds. The van der Waals surface area contributed by atoms with E-state index in [9.17, 15) is 9.90 Å². The number of halogens is 1. The summed E-state index contributed by atoms with van der Waals surface area (Å²) in [6.07, 6.45) is -0.465. The first-order chi connectivity index (χ1) is 7.28. The van der Waals surface area contributed by atoms with Gasteiger partial charge in [0.2, 0.25) is 0 Å². The highest BCUT2D eigenvalue weighted by Crippen LogP contribution is 2.25. The molecular formula is C11H22ClNO3. The van der Waals surface area contributed by atoms with Crippen LogP contribution in [0.1, 0.15) is 27.7 Å². The van der Waals surface area contributed by atoms with Gasteiger partial charge in [-0.1, -0.05) is 20.8 Å². The number of aliphatic hydroxyl groups is 1. The summed E-state index contributed by atoms with van der Waals surface area (Å²) >= 11 is 5.75. The molecule has 0 fully saturated rings. The van der Waals surface area contributed by atoms with E-state index in [1.165, 1.54) is 0 Å². The van der Waals surface area contributed by atoms with Gasteiger partial charge < -0.3 is 15.6 Å². The second-order valence-corrected chi connectivity index (χ2v) is 5.06. The van der Waals surface area contributed by atoms with Crippen LogP contribution in [0.25, 0.3) is 0 Å². The zero-order chi connectivity index (χ0) is 12.9. The molecule has 3 atom stereocenters. The van der Waals surface area contributed by atoms with Crippen molar-refractivity contribution in [3.63, 3.8) is 0 Å². The molecule has 0 saturated carbocycles. The van der Waals surface area contributed by atoms with Crippen molar-refractivity contribution in [3.8, 4) is 0 Å². The average Bonchev–Trinajstić information content (AvgIpc) is 2.26. The van der Waals surface area contributed by atoms with E-state index < -0.39 is 23.5 Å². The zero-order valence-electron chi connectivity index (χ0n) is 10.4. The molecule has 0 aliphatic rings. The van der Waals surface area contributed by atoms with Gasteiger partial charge in [-0.05, 0) is 12.8 Å². The van der Waals surface area contributed by atoms with Crippen molar-refractivity contribution in [2.24, 2.45) is 17.1 Å². The van der Waals surface area contributed by atoms with E-state index in [1.807, 2.05) is 13.8 Å². The lowest BCUT2D eigenvalue weighted by molar-refractivity contribution is -0.157. The SMILES string of the molecule is CC(C)C(N)C(=O)OC(C)C(C)(CO)CCl. The summed E-state index contributed by atoms with van der Waals surface area (Å²) in [4.78, 5) is 11.6. The number of nitrogens with two attached hydrogens (primary N) is 1. The molecule has 0 radical (unpaired) electrons. The molecule has 0 bridgehead atoms. The first-order valence-electron chi connectivity index (χ1n) is 5.41. The minimum atomic E-state index is -0.638. The Morgan fingerprint density at radius 3 is 2.31 bits per heavy atom. The Morgan fingerprint density at radius 1 is 1.50 bits per heavy atom. The van der Waals surface area contributed by atoms with Crippen molar-refractivity contribution >= 4 is 17.6 Å². The van der Waals surface area contributed by atoms with Gasteiger partial charge in [-0.25, -0.2) is 0 Å². The maximum atomic E-state index is 11.6. The van der Waals surface area contributed by atoms with Gasteiger partial charge in [0.15, 0.2) is 0 Å². The molecule has 0 aromatic heterocycles. The molecule has 5 heteroatoms. The van der Waals surface area contributed by atoms with E-state index in [4.69, 9.17) is 22.1 Å². The van der Waals surface area contributed by atoms with Crippen molar-refractivity contribution in [2.45, 2.75) is 39.8 Å². The van der Waals surface area contributed by atoms with Gasteiger partial charge in [0.05, 0.1) is 6.61 Å². The molecule has 96 valence electrons. The fourth-order valence-corrected chi connectivity index (χ4v) is 1.25. The van der Waals surface area contributed by atoms with Crippen molar-refractivity contribution < 1.29 is 14.6 Å². The largest absolute Gasteiger partial charge is 0.461 e. The predicted octanol–water partition coefficient (Wildman–Crippen LogP) is 1.14. The van der Waals surface area contributed by atoms with E-state index >= 15 is 0 Å². The average molecular weight is 252 g/mol. The maximum Gasteiger partial charge on any atom is 0.323 e. The third-order valence-corrected chi connectivity index (χ3v) is 3.54. The third-order valence-electron chi connectivity index (χ3n) is 2.93. The van der Waals surface area contributed by atoms with Crippen LogP contribution in [-0.4, -0.2) is 35.7 Å². The van der Waals surface area contributed by atoms with Crippen LogP contribution in [0.2, 0.25) is 0 Å². The summed E-state index contributed by atoms with van der Waals surface area (Å²) in [5.74, 6) is -0.210. The molecule has 3 unspecified atom stereocenters. The molecule has 0 heterocycles. The Hall–Kier alpha value is -0.320. The van der Waals surface area contributed by atoms with Crippen LogP contribution in [0, 0.1) is 11.3 Å². The molecule has 16 heavy (non-hydrogen) atoms.